The molecule has 0 aromatic heterocycles. The van der Waals surface area contributed by atoms with E-state index in [1.807, 2.05) is 30.6 Å². The van der Waals surface area contributed by atoms with E-state index in [4.69, 9.17) is 0 Å². The van der Waals surface area contributed by atoms with Crippen molar-refractivity contribution in [3.8, 4) is 0 Å². The molecule has 4 nitrogen and oxygen atoms in total. The zero-order chi connectivity index (χ0) is 18.4. The van der Waals surface area contributed by atoms with Crippen LogP contribution in [0.2, 0.25) is 0 Å². The predicted octanol–water partition coefficient (Wildman–Crippen LogP) is 3.43. The zero-order valence-electron chi connectivity index (χ0n) is 15.5. The van der Waals surface area contributed by atoms with Gasteiger partial charge in [-0.25, -0.2) is 4.39 Å². The topological polar surface area (TPSA) is 40.6 Å². The lowest BCUT2D eigenvalue weighted by Crippen LogP contribution is -2.44. The first-order valence-corrected chi connectivity index (χ1v) is 9.28. The van der Waals surface area contributed by atoms with E-state index in [1.165, 1.54) is 12.1 Å². The molecular formula is C20H29FN2O2. The van der Waals surface area contributed by atoms with Crippen molar-refractivity contribution in [2.45, 2.75) is 46.0 Å². The molecule has 0 aliphatic carbocycles. The van der Waals surface area contributed by atoms with Gasteiger partial charge in [-0.05, 0) is 50.3 Å². The number of benzene rings is 1. The normalized spacial score (nSPS) is 16.6. The van der Waals surface area contributed by atoms with Crippen molar-refractivity contribution < 1.29 is 14.0 Å². The highest BCUT2D eigenvalue weighted by Gasteiger charge is 2.29. The molecule has 1 atom stereocenters. The molecule has 1 heterocycles. The van der Waals surface area contributed by atoms with Gasteiger partial charge in [0.1, 0.15) is 5.82 Å². The molecule has 2 amide bonds. The minimum atomic E-state index is -0.262. The van der Waals surface area contributed by atoms with E-state index in [0.29, 0.717) is 19.5 Å². The summed E-state index contributed by atoms with van der Waals surface area (Å²) in [6.07, 6.45) is 1.90. The minimum Gasteiger partial charge on any atom is -0.343 e. The average molecular weight is 348 g/mol. The van der Waals surface area contributed by atoms with Crippen molar-refractivity contribution in [3.05, 3.63) is 35.6 Å². The quantitative estimate of drug-likeness (QED) is 0.790. The van der Waals surface area contributed by atoms with Gasteiger partial charge in [-0.2, -0.15) is 0 Å². The van der Waals surface area contributed by atoms with Gasteiger partial charge in [-0.1, -0.05) is 19.1 Å². The summed E-state index contributed by atoms with van der Waals surface area (Å²) in [5.74, 6) is 0.172. The third-order valence-electron chi connectivity index (χ3n) is 5.19. The first-order valence-electron chi connectivity index (χ1n) is 9.28. The van der Waals surface area contributed by atoms with Gasteiger partial charge >= 0.3 is 0 Å². The Morgan fingerprint density at radius 2 is 1.72 bits per heavy atom. The second-order valence-corrected chi connectivity index (χ2v) is 6.82. The summed E-state index contributed by atoms with van der Waals surface area (Å²) in [5, 5.41) is 0. The van der Waals surface area contributed by atoms with Gasteiger partial charge in [0, 0.05) is 38.5 Å². The summed E-state index contributed by atoms with van der Waals surface area (Å²) in [7, 11) is 0. The maximum Gasteiger partial charge on any atom is 0.225 e. The molecule has 0 unspecified atom stereocenters. The standard InChI is InChI=1S/C20H29FN2O2/c1-4-22(5-2)20(25)17-10-12-23(13-11-17)19(24)14-15(3)16-6-8-18(21)9-7-16/h6-9,15,17H,4-5,10-14H2,1-3H3/t15-/m1/s1. The van der Waals surface area contributed by atoms with E-state index < -0.39 is 0 Å². The molecule has 1 aromatic rings. The smallest absolute Gasteiger partial charge is 0.225 e. The van der Waals surface area contributed by atoms with Crippen LogP contribution in [0.1, 0.15) is 51.5 Å². The highest BCUT2D eigenvalue weighted by atomic mass is 19.1. The van der Waals surface area contributed by atoms with Crippen LogP contribution in [0, 0.1) is 11.7 Å². The number of rotatable bonds is 6. The van der Waals surface area contributed by atoms with Crippen molar-refractivity contribution in [1.29, 1.82) is 0 Å². The second-order valence-electron chi connectivity index (χ2n) is 6.82. The van der Waals surface area contributed by atoms with Gasteiger partial charge in [0.25, 0.3) is 0 Å². The molecular weight excluding hydrogens is 319 g/mol. The van der Waals surface area contributed by atoms with Gasteiger partial charge in [-0.15, -0.1) is 0 Å². The maximum absolute atomic E-state index is 13.0. The Kier molecular flexibility index (Phi) is 6.97. The van der Waals surface area contributed by atoms with Crippen LogP contribution in [-0.4, -0.2) is 47.8 Å². The minimum absolute atomic E-state index is 0.0403. The molecule has 0 N–H and O–H groups in total. The first kappa shape index (κ1) is 19.4. The lowest BCUT2D eigenvalue weighted by Gasteiger charge is -2.34. The van der Waals surface area contributed by atoms with Crippen molar-refractivity contribution in [3.63, 3.8) is 0 Å². The van der Waals surface area contributed by atoms with Crippen LogP contribution in [0.25, 0.3) is 0 Å². The Morgan fingerprint density at radius 1 is 1.16 bits per heavy atom. The molecule has 0 bridgehead atoms. The van der Waals surface area contributed by atoms with Crippen LogP contribution < -0.4 is 0 Å². The van der Waals surface area contributed by atoms with E-state index in [0.717, 1.165) is 31.5 Å². The summed E-state index contributed by atoms with van der Waals surface area (Å²) in [4.78, 5) is 28.7. The number of carbonyl (C=O) groups is 2. The molecule has 5 heteroatoms. The maximum atomic E-state index is 13.0. The van der Waals surface area contributed by atoms with Gasteiger partial charge in [0.05, 0.1) is 0 Å². The fourth-order valence-corrected chi connectivity index (χ4v) is 3.47. The fraction of sp³-hybridized carbons (Fsp3) is 0.600. The predicted molar refractivity (Wildman–Crippen MR) is 96.7 cm³/mol. The number of carbonyl (C=O) groups excluding carboxylic acids is 2. The number of halogens is 1. The molecule has 138 valence electrons. The molecule has 0 saturated carbocycles. The van der Waals surface area contributed by atoms with E-state index in [2.05, 4.69) is 0 Å². The van der Waals surface area contributed by atoms with Crippen LogP contribution in [-0.2, 0) is 9.59 Å². The van der Waals surface area contributed by atoms with Gasteiger partial charge in [-0.3, -0.25) is 9.59 Å². The zero-order valence-corrected chi connectivity index (χ0v) is 15.5. The summed E-state index contributed by atoms with van der Waals surface area (Å²) < 4.78 is 13.0. The third-order valence-corrected chi connectivity index (χ3v) is 5.19. The average Bonchev–Trinajstić information content (AvgIpc) is 2.63. The van der Waals surface area contributed by atoms with Crippen LogP contribution in [0.5, 0.6) is 0 Å². The van der Waals surface area contributed by atoms with Gasteiger partial charge in [0.15, 0.2) is 0 Å². The van der Waals surface area contributed by atoms with Crippen molar-refractivity contribution in [2.24, 2.45) is 5.92 Å². The Morgan fingerprint density at radius 3 is 2.24 bits per heavy atom. The number of hydrogen-bond acceptors (Lipinski definition) is 2. The number of hydrogen-bond donors (Lipinski definition) is 0. The van der Waals surface area contributed by atoms with E-state index in [9.17, 15) is 14.0 Å². The summed E-state index contributed by atoms with van der Waals surface area (Å²) in [6, 6.07) is 6.34. The largest absolute Gasteiger partial charge is 0.343 e. The van der Waals surface area contributed by atoms with Crippen molar-refractivity contribution >= 4 is 11.8 Å². The van der Waals surface area contributed by atoms with E-state index in [1.54, 1.807) is 12.1 Å². The van der Waals surface area contributed by atoms with Gasteiger partial charge in [0.2, 0.25) is 11.8 Å². The first-order chi connectivity index (χ1) is 12.0. The highest BCUT2D eigenvalue weighted by Crippen LogP contribution is 2.24. The summed E-state index contributed by atoms with van der Waals surface area (Å²) in [5.41, 5.74) is 0.973. The number of nitrogens with zero attached hydrogens (tertiary/aromatic N) is 2. The molecule has 1 aliphatic rings. The molecule has 1 aliphatic heterocycles. The van der Waals surface area contributed by atoms with Crippen LogP contribution >= 0.6 is 0 Å². The second kappa shape index (κ2) is 8.97. The highest BCUT2D eigenvalue weighted by molar-refractivity contribution is 5.80. The van der Waals surface area contributed by atoms with Crippen LogP contribution in [0.3, 0.4) is 0 Å². The Hall–Kier alpha value is -1.91. The molecule has 1 saturated heterocycles. The molecule has 25 heavy (non-hydrogen) atoms. The number of amides is 2. The SMILES string of the molecule is CCN(CC)C(=O)C1CCN(C(=O)C[C@@H](C)c2ccc(F)cc2)CC1. The summed E-state index contributed by atoms with van der Waals surface area (Å²) in [6.45, 7) is 8.75. The van der Waals surface area contributed by atoms with Crippen LogP contribution in [0.15, 0.2) is 24.3 Å². The lowest BCUT2D eigenvalue weighted by atomic mass is 9.93. The Bertz CT molecular complexity index is 576. The van der Waals surface area contributed by atoms with E-state index in [-0.39, 0.29) is 29.5 Å². The third kappa shape index (κ3) is 5.03. The molecule has 0 radical (unpaired) electrons. The molecule has 1 aromatic carbocycles. The number of likely N-dealkylation sites (tertiary alicyclic amines) is 1. The van der Waals surface area contributed by atoms with Crippen molar-refractivity contribution in [1.82, 2.24) is 9.80 Å². The Labute approximate surface area is 150 Å². The molecule has 2 rings (SSSR count). The Balaban J connectivity index is 1.84. The number of piperidine rings is 1. The van der Waals surface area contributed by atoms with Crippen molar-refractivity contribution in [2.75, 3.05) is 26.2 Å². The monoisotopic (exact) mass is 348 g/mol. The molecule has 1 fully saturated rings. The van der Waals surface area contributed by atoms with E-state index >= 15 is 0 Å². The molecule has 0 spiro atoms. The summed E-state index contributed by atoms with van der Waals surface area (Å²) >= 11 is 0. The van der Waals surface area contributed by atoms with Gasteiger partial charge < -0.3 is 9.80 Å². The lowest BCUT2D eigenvalue weighted by molar-refractivity contribution is -0.140. The fourth-order valence-electron chi connectivity index (χ4n) is 3.47. The van der Waals surface area contributed by atoms with Crippen LogP contribution in [0.4, 0.5) is 4.39 Å².